The Bertz CT molecular complexity index is 459. The number of nitrogens with two attached hydrogens (primary N) is 1. The molecule has 1 aromatic carbocycles. The zero-order chi connectivity index (χ0) is 16.7. The average Bonchev–Trinajstić information content (AvgIpc) is 2.45. The number of hydrogen-bond donors (Lipinski definition) is 2. The second-order valence-corrected chi connectivity index (χ2v) is 6.51. The third kappa shape index (κ3) is 5.29. The Hall–Kier alpha value is -1.06. The molecule has 0 aliphatic carbocycles. The molecule has 0 fully saturated rings. The number of aryl methyl sites for hydroxylation is 2. The lowest BCUT2D eigenvalue weighted by Crippen LogP contribution is -2.35. The van der Waals surface area contributed by atoms with Gasteiger partial charge in [0.2, 0.25) is 0 Å². The van der Waals surface area contributed by atoms with Gasteiger partial charge in [0.15, 0.2) is 0 Å². The Labute approximate surface area is 135 Å². The molecule has 22 heavy (non-hydrogen) atoms. The summed E-state index contributed by atoms with van der Waals surface area (Å²) < 4.78 is 5.97. The van der Waals surface area contributed by atoms with E-state index in [1.165, 1.54) is 16.7 Å². The molecule has 0 aromatic heterocycles. The first-order valence-electron chi connectivity index (χ1n) is 8.58. The largest absolute Gasteiger partial charge is 0.493 e. The molecule has 3 N–H and O–H groups in total. The van der Waals surface area contributed by atoms with Crippen LogP contribution in [0.15, 0.2) is 12.1 Å². The molecule has 0 saturated heterocycles. The van der Waals surface area contributed by atoms with Crippen molar-refractivity contribution in [2.24, 2.45) is 5.73 Å². The van der Waals surface area contributed by atoms with E-state index in [-0.39, 0.29) is 12.0 Å². The number of rotatable bonds is 9. The summed E-state index contributed by atoms with van der Waals surface area (Å²) in [7, 11) is 0. The first-order chi connectivity index (χ1) is 10.4. The van der Waals surface area contributed by atoms with Crippen molar-refractivity contribution in [3.8, 4) is 5.75 Å². The molecule has 0 radical (unpaired) electrons. The highest BCUT2D eigenvalue weighted by molar-refractivity contribution is 5.45. The zero-order valence-corrected chi connectivity index (χ0v) is 14.9. The lowest BCUT2D eigenvalue weighted by Gasteiger charge is -2.24. The van der Waals surface area contributed by atoms with Crippen LogP contribution < -0.4 is 10.5 Å². The summed E-state index contributed by atoms with van der Waals surface area (Å²) in [5, 5.41) is 10.3. The zero-order valence-electron chi connectivity index (χ0n) is 14.9. The van der Waals surface area contributed by atoms with Gasteiger partial charge in [0, 0.05) is 6.04 Å². The molecule has 0 aliphatic heterocycles. The van der Waals surface area contributed by atoms with E-state index in [9.17, 15) is 5.11 Å². The van der Waals surface area contributed by atoms with Gasteiger partial charge in [-0.05, 0) is 50.2 Å². The van der Waals surface area contributed by atoms with Gasteiger partial charge in [0.1, 0.15) is 5.75 Å². The molecule has 3 unspecified atom stereocenters. The number of ether oxygens (including phenoxy) is 1. The second-order valence-electron chi connectivity index (χ2n) is 6.51. The molecular weight excluding hydrogens is 274 g/mol. The minimum Gasteiger partial charge on any atom is -0.493 e. The van der Waals surface area contributed by atoms with Crippen LogP contribution in [0.4, 0.5) is 0 Å². The van der Waals surface area contributed by atoms with Gasteiger partial charge in [0.25, 0.3) is 0 Å². The maximum Gasteiger partial charge on any atom is 0.125 e. The molecule has 1 aromatic rings. The number of hydrogen-bond acceptors (Lipinski definition) is 3. The normalized spacial score (nSPS) is 15.4. The molecule has 1 rings (SSSR count). The standard InChI is InChI=1S/C19H33NO2/c1-6-8-17(20)18(21)12-14(4)16-11-13(3)10-15(5)19(16)22-9-7-2/h10-11,14,17-18,21H,6-9,12,20H2,1-5H3. The highest BCUT2D eigenvalue weighted by Gasteiger charge is 2.21. The van der Waals surface area contributed by atoms with Crippen LogP contribution in [0.2, 0.25) is 0 Å². The Morgan fingerprint density at radius 3 is 2.45 bits per heavy atom. The van der Waals surface area contributed by atoms with Crippen LogP contribution in [0.1, 0.15) is 69.1 Å². The molecular formula is C19H33NO2. The van der Waals surface area contributed by atoms with Gasteiger partial charge in [-0.2, -0.15) is 0 Å². The van der Waals surface area contributed by atoms with Crippen molar-refractivity contribution in [1.82, 2.24) is 0 Å². The molecule has 3 heteroatoms. The summed E-state index contributed by atoms with van der Waals surface area (Å²) in [5.74, 6) is 1.21. The van der Waals surface area contributed by atoms with Crippen molar-refractivity contribution in [3.63, 3.8) is 0 Å². The van der Waals surface area contributed by atoms with E-state index in [0.717, 1.165) is 31.6 Å². The number of benzene rings is 1. The summed E-state index contributed by atoms with van der Waals surface area (Å²) in [6.45, 7) is 11.3. The van der Waals surface area contributed by atoms with E-state index in [0.29, 0.717) is 6.42 Å². The third-order valence-corrected chi connectivity index (χ3v) is 4.14. The fraction of sp³-hybridized carbons (Fsp3) is 0.684. The van der Waals surface area contributed by atoms with Crippen LogP contribution >= 0.6 is 0 Å². The van der Waals surface area contributed by atoms with Crippen LogP contribution in [0.25, 0.3) is 0 Å². The molecule has 0 spiro atoms. The molecule has 0 bridgehead atoms. The predicted octanol–water partition coefficient (Wildman–Crippen LogP) is 4.07. The summed E-state index contributed by atoms with van der Waals surface area (Å²) in [6, 6.07) is 4.19. The Morgan fingerprint density at radius 1 is 1.18 bits per heavy atom. The van der Waals surface area contributed by atoms with Gasteiger partial charge >= 0.3 is 0 Å². The van der Waals surface area contributed by atoms with Crippen LogP contribution in [0.3, 0.4) is 0 Å². The Morgan fingerprint density at radius 2 is 1.86 bits per heavy atom. The summed E-state index contributed by atoms with van der Waals surface area (Å²) >= 11 is 0. The van der Waals surface area contributed by atoms with Crippen molar-refractivity contribution in [2.75, 3.05) is 6.61 Å². The number of aliphatic hydroxyl groups excluding tert-OH is 1. The summed E-state index contributed by atoms with van der Waals surface area (Å²) in [5.41, 5.74) is 9.64. The van der Waals surface area contributed by atoms with Gasteiger partial charge in [-0.3, -0.25) is 0 Å². The van der Waals surface area contributed by atoms with Crippen molar-refractivity contribution >= 4 is 0 Å². The highest BCUT2D eigenvalue weighted by Crippen LogP contribution is 2.34. The van der Waals surface area contributed by atoms with Crippen LogP contribution in [0.5, 0.6) is 5.75 Å². The molecule has 126 valence electrons. The van der Waals surface area contributed by atoms with Gasteiger partial charge in [0.05, 0.1) is 12.7 Å². The maximum atomic E-state index is 10.3. The minimum atomic E-state index is -0.463. The van der Waals surface area contributed by atoms with E-state index in [2.05, 4.69) is 46.8 Å². The monoisotopic (exact) mass is 307 g/mol. The quantitative estimate of drug-likeness (QED) is 0.723. The average molecular weight is 307 g/mol. The van der Waals surface area contributed by atoms with Crippen molar-refractivity contribution in [2.45, 2.75) is 78.4 Å². The van der Waals surface area contributed by atoms with Crippen molar-refractivity contribution < 1.29 is 9.84 Å². The predicted molar refractivity (Wildman–Crippen MR) is 93.6 cm³/mol. The fourth-order valence-electron chi connectivity index (χ4n) is 2.94. The maximum absolute atomic E-state index is 10.3. The third-order valence-electron chi connectivity index (χ3n) is 4.14. The van der Waals surface area contributed by atoms with E-state index in [1.54, 1.807) is 0 Å². The van der Waals surface area contributed by atoms with Gasteiger partial charge in [-0.15, -0.1) is 0 Å². The lowest BCUT2D eigenvalue weighted by molar-refractivity contribution is 0.123. The van der Waals surface area contributed by atoms with E-state index >= 15 is 0 Å². The Kier molecular flexibility index (Phi) is 7.91. The lowest BCUT2D eigenvalue weighted by atomic mass is 9.89. The first-order valence-corrected chi connectivity index (χ1v) is 8.58. The minimum absolute atomic E-state index is 0.140. The fourth-order valence-corrected chi connectivity index (χ4v) is 2.94. The highest BCUT2D eigenvalue weighted by atomic mass is 16.5. The van der Waals surface area contributed by atoms with Crippen LogP contribution in [-0.4, -0.2) is 23.9 Å². The molecule has 3 atom stereocenters. The molecule has 3 nitrogen and oxygen atoms in total. The second kappa shape index (κ2) is 9.16. The summed E-state index contributed by atoms with van der Waals surface area (Å²) in [4.78, 5) is 0. The van der Waals surface area contributed by atoms with Gasteiger partial charge in [-0.25, -0.2) is 0 Å². The molecule has 0 saturated carbocycles. The topological polar surface area (TPSA) is 55.5 Å². The molecule has 0 aliphatic rings. The first kappa shape index (κ1) is 19.0. The van der Waals surface area contributed by atoms with Gasteiger partial charge < -0.3 is 15.6 Å². The van der Waals surface area contributed by atoms with E-state index < -0.39 is 6.10 Å². The smallest absolute Gasteiger partial charge is 0.125 e. The van der Waals surface area contributed by atoms with E-state index in [4.69, 9.17) is 10.5 Å². The van der Waals surface area contributed by atoms with Crippen LogP contribution in [0, 0.1) is 13.8 Å². The number of aliphatic hydroxyl groups is 1. The van der Waals surface area contributed by atoms with Crippen molar-refractivity contribution in [1.29, 1.82) is 0 Å². The SMILES string of the molecule is CCCOc1c(C)cc(C)cc1C(C)CC(O)C(N)CCC. The van der Waals surface area contributed by atoms with Crippen molar-refractivity contribution in [3.05, 3.63) is 28.8 Å². The van der Waals surface area contributed by atoms with Crippen LogP contribution in [-0.2, 0) is 0 Å². The Balaban J connectivity index is 2.93. The van der Waals surface area contributed by atoms with Gasteiger partial charge in [-0.1, -0.05) is 44.9 Å². The van der Waals surface area contributed by atoms with E-state index in [1.807, 2.05) is 0 Å². The summed E-state index contributed by atoms with van der Waals surface area (Å²) in [6.07, 6.45) is 3.06. The molecule has 0 heterocycles. The molecule has 0 amide bonds.